The van der Waals surface area contributed by atoms with Gasteiger partial charge >= 0.3 is 0 Å². The molecule has 0 saturated carbocycles. The van der Waals surface area contributed by atoms with Gasteiger partial charge in [-0.3, -0.25) is 4.79 Å². The van der Waals surface area contributed by atoms with E-state index in [4.69, 9.17) is 0 Å². The fourth-order valence-corrected chi connectivity index (χ4v) is 2.97. The summed E-state index contributed by atoms with van der Waals surface area (Å²) in [6, 6.07) is 16.0. The Bertz CT molecular complexity index is 865. The van der Waals surface area contributed by atoms with E-state index in [1.807, 2.05) is 61.7 Å². The van der Waals surface area contributed by atoms with E-state index < -0.39 is 0 Å². The molecule has 134 valence electrons. The highest BCUT2D eigenvalue weighted by molar-refractivity contribution is 5.83. The highest BCUT2D eigenvalue weighted by Gasteiger charge is 2.08. The van der Waals surface area contributed by atoms with Gasteiger partial charge in [0.05, 0.1) is 17.6 Å². The molecule has 0 atom stereocenters. The Morgan fingerprint density at radius 1 is 1.04 bits per heavy atom. The van der Waals surface area contributed by atoms with E-state index in [2.05, 4.69) is 17.2 Å². The van der Waals surface area contributed by atoms with Crippen LogP contribution in [0, 0.1) is 6.92 Å². The monoisotopic (exact) mass is 347 g/mol. The minimum absolute atomic E-state index is 0.231. The number of Topliss-reactive ketones (excluding diaryl/α,β-unsaturated/α-hetero) is 1. The van der Waals surface area contributed by atoms with Crippen LogP contribution in [0.4, 0.5) is 0 Å². The van der Waals surface area contributed by atoms with Crippen molar-refractivity contribution in [3.05, 3.63) is 77.1 Å². The molecule has 0 bridgehead atoms. The van der Waals surface area contributed by atoms with E-state index in [1.54, 1.807) is 4.68 Å². The molecule has 2 aromatic carbocycles. The number of rotatable bonds is 8. The van der Waals surface area contributed by atoms with E-state index in [9.17, 15) is 4.79 Å². The molecular formula is C22H25N3O. The Morgan fingerprint density at radius 2 is 1.81 bits per heavy atom. The van der Waals surface area contributed by atoms with E-state index >= 15 is 0 Å². The smallest absolute Gasteiger partial charge is 0.141 e. The van der Waals surface area contributed by atoms with E-state index in [0.717, 1.165) is 41.8 Å². The lowest BCUT2D eigenvalue weighted by Crippen LogP contribution is -2.07. The van der Waals surface area contributed by atoms with Gasteiger partial charge < -0.3 is 0 Å². The van der Waals surface area contributed by atoms with Gasteiger partial charge in [-0.15, -0.1) is 5.10 Å². The summed E-state index contributed by atoms with van der Waals surface area (Å²) in [6.07, 6.45) is 6.15. The average molecular weight is 347 g/mol. The van der Waals surface area contributed by atoms with Crippen molar-refractivity contribution in [1.82, 2.24) is 15.0 Å². The van der Waals surface area contributed by atoms with Crippen molar-refractivity contribution in [2.24, 2.45) is 0 Å². The molecule has 4 nitrogen and oxygen atoms in total. The summed E-state index contributed by atoms with van der Waals surface area (Å²) in [5.74, 6) is 0.231. The quantitative estimate of drug-likeness (QED) is 0.611. The number of ketones is 1. The lowest BCUT2D eigenvalue weighted by molar-refractivity contribution is -0.117. The van der Waals surface area contributed by atoms with Crippen LogP contribution in [0.15, 0.2) is 54.7 Å². The van der Waals surface area contributed by atoms with Gasteiger partial charge in [0.1, 0.15) is 5.78 Å². The Balaban J connectivity index is 1.61. The van der Waals surface area contributed by atoms with Crippen LogP contribution in [0.3, 0.4) is 0 Å². The van der Waals surface area contributed by atoms with Gasteiger partial charge in [0.2, 0.25) is 0 Å². The molecule has 1 heterocycles. The molecular weight excluding hydrogens is 322 g/mol. The first-order chi connectivity index (χ1) is 12.7. The Kier molecular flexibility index (Phi) is 5.95. The molecule has 0 N–H and O–H groups in total. The van der Waals surface area contributed by atoms with Crippen molar-refractivity contribution in [2.45, 2.75) is 46.0 Å². The zero-order valence-electron chi connectivity index (χ0n) is 15.5. The second-order valence-corrected chi connectivity index (χ2v) is 6.74. The Hall–Kier alpha value is -2.75. The van der Waals surface area contributed by atoms with Crippen LogP contribution in [0.2, 0.25) is 0 Å². The molecule has 0 aliphatic heterocycles. The van der Waals surface area contributed by atoms with Gasteiger partial charge in [0.25, 0.3) is 0 Å². The molecule has 0 amide bonds. The zero-order valence-corrected chi connectivity index (χ0v) is 15.5. The van der Waals surface area contributed by atoms with Gasteiger partial charge in [0.15, 0.2) is 0 Å². The van der Waals surface area contributed by atoms with Gasteiger partial charge in [-0.1, -0.05) is 55.0 Å². The predicted octanol–water partition coefficient (Wildman–Crippen LogP) is 4.27. The van der Waals surface area contributed by atoms with Crippen molar-refractivity contribution in [3.8, 4) is 5.69 Å². The predicted molar refractivity (Wildman–Crippen MR) is 104 cm³/mol. The molecule has 3 aromatic rings. The lowest BCUT2D eigenvalue weighted by Gasteiger charge is -2.06. The molecule has 0 unspecified atom stereocenters. The van der Waals surface area contributed by atoms with Crippen LogP contribution in [-0.2, 0) is 24.1 Å². The van der Waals surface area contributed by atoms with E-state index in [-0.39, 0.29) is 5.78 Å². The third kappa shape index (κ3) is 4.66. The average Bonchev–Trinajstić information content (AvgIpc) is 3.11. The molecule has 4 heteroatoms. The number of hydrogen-bond donors (Lipinski definition) is 0. The number of aryl methyl sites for hydroxylation is 2. The van der Waals surface area contributed by atoms with Crippen LogP contribution in [0.5, 0.6) is 0 Å². The molecule has 0 saturated heterocycles. The number of unbranched alkanes of at least 4 members (excludes halogenated alkanes) is 1. The van der Waals surface area contributed by atoms with Gasteiger partial charge in [-0.05, 0) is 48.6 Å². The maximum absolute atomic E-state index is 12.4. The molecule has 3 rings (SSSR count). The number of nitrogens with zero attached hydrogens (tertiary/aromatic N) is 3. The molecule has 26 heavy (non-hydrogen) atoms. The summed E-state index contributed by atoms with van der Waals surface area (Å²) in [4.78, 5) is 12.4. The van der Waals surface area contributed by atoms with Gasteiger partial charge in [-0.25, -0.2) is 4.68 Å². The SMILES string of the molecule is CCCCc1cn(-c2ccc(CC(=O)Cc3ccccc3C)cc2)nn1. The first-order valence-corrected chi connectivity index (χ1v) is 9.22. The summed E-state index contributed by atoms with van der Waals surface area (Å²) < 4.78 is 1.80. The van der Waals surface area contributed by atoms with Crippen LogP contribution >= 0.6 is 0 Å². The first-order valence-electron chi connectivity index (χ1n) is 9.22. The molecule has 0 radical (unpaired) electrons. The largest absolute Gasteiger partial charge is 0.299 e. The third-order valence-electron chi connectivity index (χ3n) is 4.58. The number of benzene rings is 2. The molecule has 0 aliphatic carbocycles. The third-order valence-corrected chi connectivity index (χ3v) is 4.58. The van der Waals surface area contributed by atoms with Crippen molar-refractivity contribution in [2.75, 3.05) is 0 Å². The number of hydrogen-bond acceptors (Lipinski definition) is 3. The standard InChI is InChI=1S/C22H25N3O/c1-3-4-9-20-16-25(24-23-20)21-12-10-18(11-13-21)14-22(26)15-19-8-6-5-7-17(19)2/h5-8,10-13,16H,3-4,9,14-15H2,1-2H3. The molecule has 1 aromatic heterocycles. The van der Waals surface area contributed by atoms with Crippen LogP contribution < -0.4 is 0 Å². The first kappa shape index (κ1) is 18.1. The Labute approximate surface area is 154 Å². The fraction of sp³-hybridized carbons (Fsp3) is 0.318. The van der Waals surface area contributed by atoms with Gasteiger partial charge in [-0.2, -0.15) is 0 Å². The second kappa shape index (κ2) is 8.56. The summed E-state index contributed by atoms with van der Waals surface area (Å²) in [7, 11) is 0. The summed E-state index contributed by atoms with van der Waals surface area (Å²) in [5.41, 5.74) is 5.29. The zero-order chi connectivity index (χ0) is 18.4. The summed E-state index contributed by atoms with van der Waals surface area (Å²) in [6.45, 7) is 4.22. The maximum atomic E-state index is 12.4. The molecule has 0 spiro atoms. The van der Waals surface area contributed by atoms with Crippen molar-refractivity contribution in [1.29, 1.82) is 0 Å². The van der Waals surface area contributed by atoms with Crippen molar-refractivity contribution >= 4 is 5.78 Å². The topological polar surface area (TPSA) is 47.8 Å². The van der Waals surface area contributed by atoms with Crippen LogP contribution in [0.25, 0.3) is 5.69 Å². The van der Waals surface area contributed by atoms with Gasteiger partial charge in [0, 0.05) is 12.8 Å². The molecule has 0 aliphatic rings. The minimum Gasteiger partial charge on any atom is -0.299 e. The van der Waals surface area contributed by atoms with E-state index in [1.165, 1.54) is 5.56 Å². The highest BCUT2D eigenvalue weighted by atomic mass is 16.1. The Morgan fingerprint density at radius 3 is 2.54 bits per heavy atom. The summed E-state index contributed by atoms with van der Waals surface area (Å²) in [5, 5.41) is 8.41. The molecule has 0 fully saturated rings. The summed E-state index contributed by atoms with van der Waals surface area (Å²) >= 11 is 0. The number of aromatic nitrogens is 3. The lowest BCUT2D eigenvalue weighted by atomic mass is 9.99. The normalized spacial score (nSPS) is 10.8. The highest BCUT2D eigenvalue weighted by Crippen LogP contribution is 2.13. The van der Waals surface area contributed by atoms with Crippen LogP contribution in [0.1, 0.15) is 42.1 Å². The van der Waals surface area contributed by atoms with Crippen LogP contribution in [-0.4, -0.2) is 20.8 Å². The maximum Gasteiger partial charge on any atom is 0.141 e. The second-order valence-electron chi connectivity index (χ2n) is 6.74. The minimum atomic E-state index is 0.231. The fourth-order valence-electron chi connectivity index (χ4n) is 2.97. The number of carbonyl (C=O) groups excluding carboxylic acids is 1. The van der Waals surface area contributed by atoms with E-state index in [0.29, 0.717) is 12.8 Å². The van der Waals surface area contributed by atoms with Crippen molar-refractivity contribution < 1.29 is 4.79 Å². The van der Waals surface area contributed by atoms with Crippen molar-refractivity contribution in [3.63, 3.8) is 0 Å². The number of carbonyl (C=O) groups is 1.